The molecule has 0 amide bonds. The predicted molar refractivity (Wildman–Crippen MR) is 110 cm³/mol. The number of nitrogens with one attached hydrogen (secondary N) is 1. The second kappa shape index (κ2) is 10.7. The molecule has 136 valence electrons. The van der Waals surface area contributed by atoms with E-state index >= 15 is 0 Å². The first kappa shape index (κ1) is 20.1. The summed E-state index contributed by atoms with van der Waals surface area (Å²) >= 11 is 3.49. The zero-order chi connectivity index (χ0) is 18.8. The van der Waals surface area contributed by atoms with Gasteiger partial charge in [-0.25, -0.2) is 4.98 Å². The van der Waals surface area contributed by atoms with Crippen LogP contribution in [0.5, 0.6) is 11.6 Å². The third-order valence-corrected chi connectivity index (χ3v) is 4.25. The smallest absolute Gasteiger partial charge is 0.237 e. The average molecular weight is 414 g/mol. The fourth-order valence-corrected chi connectivity index (χ4v) is 2.82. The van der Waals surface area contributed by atoms with Crippen LogP contribution in [0.15, 0.2) is 71.6 Å². The standard InChI is InChI=1S/C19H18BrN3O.C2H6/c1-21-12-18(14-2-6-16(20)7-3-14)15-4-8-17(9-5-15)24-19-13-22-10-11-23-19;1-2/h2-11,13,18,21H,12H2,1H3;1-2H3. The lowest BCUT2D eigenvalue weighted by atomic mass is 9.91. The third-order valence-electron chi connectivity index (χ3n) is 3.72. The van der Waals surface area contributed by atoms with Crippen LogP contribution in [0.3, 0.4) is 0 Å². The highest BCUT2D eigenvalue weighted by molar-refractivity contribution is 9.10. The largest absolute Gasteiger partial charge is 0.438 e. The molecule has 5 heteroatoms. The molecule has 0 aliphatic rings. The fraction of sp³-hybridized carbons (Fsp3) is 0.238. The summed E-state index contributed by atoms with van der Waals surface area (Å²) in [6.07, 6.45) is 4.83. The van der Waals surface area contributed by atoms with Gasteiger partial charge in [0.25, 0.3) is 0 Å². The fourth-order valence-electron chi connectivity index (χ4n) is 2.55. The molecule has 1 heterocycles. The maximum Gasteiger partial charge on any atom is 0.237 e. The summed E-state index contributed by atoms with van der Waals surface area (Å²) in [4.78, 5) is 8.12. The molecule has 3 aromatic rings. The molecule has 0 saturated carbocycles. The molecule has 0 aliphatic carbocycles. The molecule has 0 aliphatic heterocycles. The Morgan fingerprint density at radius 1 is 0.962 bits per heavy atom. The minimum atomic E-state index is 0.286. The number of nitrogens with zero attached hydrogens (tertiary/aromatic N) is 2. The lowest BCUT2D eigenvalue weighted by Gasteiger charge is -2.18. The van der Waals surface area contributed by atoms with E-state index in [1.165, 1.54) is 11.1 Å². The highest BCUT2D eigenvalue weighted by Gasteiger charge is 2.13. The van der Waals surface area contributed by atoms with E-state index in [1.807, 2.05) is 33.0 Å². The third kappa shape index (κ3) is 5.64. The number of hydrogen-bond acceptors (Lipinski definition) is 4. The molecular formula is C21H24BrN3O. The Kier molecular flexibility index (Phi) is 8.25. The van der Waals surface area contributed by atoms with Crippen molar-refractivity contribution >= 4 is 15.9 Å². The van der Waals surface area contributed by atoms with Crippen LogP contribution in [0.2, 0.25) is 0 Å². The zero-order valence-electron chi connectivity index (χ0n) is 15.3. The number of hydrogen-bond donors (Lipinski definition) is 1. The predicted octanol–water partition coefficient (Wildman–Crippen LogP) is 5.41. The van der Waals surface area contributed by atoms with Crippen LogP contribution >= 0.6 is 15.9 Å². The summed E-state index contributed by atoms with van der Waals surface area (Å²) in [6.45, 7) is 4.87. The van der Waals surface area contributed by atoms with E-state index in [0.717, 1.165) is 16.8 Å². The Hall–Kier alpha value is -2.24. The molecular weight excluding hydrogens is 390 g/mol. The van der Waals surface area contributed by atoms with Gasteiger partial charge in [0.2, 0.25) is 5.88 Å². The minimum Gasteiger partial charge on any atom is -0.438 e. The van der Waals surface area contributed by atoms with Crippen molar-refractivity contribution in [2.24, 2.45) is 0 Å². The summed E-state index contributed by atoms with van der Waals surface area (Å²) in [6, 6.07) is 16.6. The molecule has 1 unspecified atom stereocenters. The van der Waals surface area contributed by atoms with E-state index in [4.69, 9.17) is 4.74 Å². The van der Waals surface area contributed by atoms with Gasteiger partial charge in [-0.15, -0.1) is 0 Å². The van der Waals surface area contributed by atoms with Crippen LogP contribution in [0.1, 0.15) is 30.9 Å². The van der Waals surface area contributed by atoms with Crippen LogP contribution in [-0.2, 0) is 0 Å². The molecule has 1 atom stereocenters. The van der Waals surface area contributed by atoms with Crippen molar-refractivity contribution in [1.82, 2.24) is 15.3 Å². The van der Waals surface area contributed by atoms with Crippen molar-refractivity contribution in [3.8, 4) is 11.6 Å². The molecule has 0 bridgehead atoms. The van der Waals surface area contributed by atoms with Crippen molar-refractivity contribution < 1.29 is 4.74 Å². The van der Waals surface area contributed by atoms with Gasteiger partial charge in [0, 0.05) is 29.3 Å². The lowest BCUT2D eigenvalue weighted by molar-refractivity contribution is 0.460. The number of benzene rings is 2. The van der Waals surface area contributed by atoms with E-state index in [1.54, 1.807) is 18.6 Å². The zero-order valence-corrected chi connectivity index (χ0v) is 16.9. The number of halogens is 1. The molecule has 0 spiro atoms. The van der Waals surface area contributed by atoms with E-state index in [-0.39, 0.29) is 5.92 Å². The first-order chi connectivity index (χ1) is 12.8. The number of likely N-dealkylation sites (N-methyl/N-ethyl adjacent to an activating group) is 1. The highest BCUT2D eigenvalue weighted by Crippen LogP contribution is 2.28. The second-order valence-corrected chi connectivity index (χ2v) is 6.29. The first-order valence-electron chi connectivity index (χ1n) is 8.70. The summed E-state index contributed by atoms with van der Waals surface area (Å²) in [5.41, 5.74) is 2.51. The minimum absolute atomic E-state index is 0.286. The van der Waals surface area contributed by atoms with Gasteiger partial charge in [-0.05, 0) is 42.4 Å². The Morgan fingerprint density at radius 3 is 2.12 bits per heavy atom. The Labute approximate surface area is 163 Å². The summed E-state index contributed by atoms with van der Waals surface area (Å²) in [7, 11) is 1.97. The van der Waals surface area contributed by atoms with Gasteiger partial charge in [0.05, 0.1) is 6.20 Å². The Balaban J connectivity index is 0.00000117. The molecule has 4 nitrogen and oxygen atoms in total. The molecule has 2 aromatic carbocycles. The molecule has 1 aromatic heterocycles. The van der Waals surface area contributed by atoms with Gasteiger partial charge in [0.1, 0.15) is 5.75 Å². The van der Waals surface area contributed by atoms with E-state index in [0.29, 0.717) is 5.88 Å². The highest BCUT2D eigenvalue weighted by atomic mass is 79.9. The number of ether oxygens (including phenoxy) is 1. The van der Waals surface area contributed by atoms with Gasteiger partial charge in [0.15, 0.2) is 0 Å². The second-order valence-electron chi connectivity index (χ2n) is 5.38. The Morgan fingerprint density at radius 2 is 1.58 bits per heavy atom. The van der Waals surface area contributed by atoms with Crippen LogP contribution < -0.4 is 10.1 Å². The van der Waals surface area contributed by atoms with Gasteiger partial charge in [-0.1, -0.05) is 54.0 Å². The molecule has 0 fully saturated rings. The van der Waals surface area contributed by atoms with Crippen LogP contribution in [0, 0.1) is 0 Å². The molecule has 0 radical (unpaired) electrons. The quantitative estimate of drug-likeness (QED) is 0.586. The molecule has 3 rings (SSSR count). The SMILES string of the molecule is CC.CNCC(c1ccc(Br)cc1)c1ccc(Oc2cnccn2)cc1. The number of rotatable bonds is 6. The molecule has 0 saturated heterocycles. The monoisotopic (exact) mass is 413 g/mol. The van der Waals surface area contributed by atoms with Crippen molar-refractivity contribution in [2.75, 3.05) is 13.6 Å². The maximum absolute atomic E-state index is 5.70. The van der Waals surface area contributed by atoms with Crippen molar-refractivity contribution in [1.29, 1.82) is 0 Å². The number of aromatic nitrogens is 2. The van der Waals surface area contributed by atoms with Crippen LogP contribution in [0.4, 0.5) is 0 Å². The molecule has 1 N–H and O–H groups in total. The summed E-state index contributed by atoms with van der Waals surface area (Å²) in [5, 5.41) is 3.27. The van der Waals surface area contributed by atoms with Gasteiger partial charge >= 0.3 is 0 Å². The van der Waals surface area contributed by atoms with Gasteiger partial charge in [-0.3, -0.25) is 4.98 Å². The van der Waals surface area contributed by atoms with Crippen molar-refractivity contribution in [2.45, 2.75) is 19.8 Å². The van der Waals surface area contributed by atoms with E-state index < -0.39 is 0 Å². The van der Waals surface area contributed by atoms with Crippen LogP contribution in [0.25, 0.3) is 0 Å². The van der Waals surface area contributed by atoms with Gasteiger partial charge in [-0.2, -0.15) is 0 Å². The van der Waals surface area contributed by atoms with Gasteiger partial charge < -0.3 is 10.1 Å². The van der Waals surface area contributed by atoms with Crippen LogP contribution in [-0.4, -0.2) is 23.6 Å². The lowest BCUT2D eigenvalue weighted by Crippen LogP contribution is -2.18. The van der Waals surface area contributed by atoms with E-state index in [2.05, 4.69) is 67.6 Å². The maximum atomic E-state index is 5.70. The molecule has 26 heavy (non-hydrogen) atoms. The Bertz CT molecular complexity index is 762. The van der Waals surface area contributed by atoms with Crippen molar-refractivity contribution in [3.05, 3.63) is 82.7 Å². The first-order valence-corrected chi connectivity index (χ1v) is 9.49. The average Bonchev–Trinajstić information content (AvgIpc) is 2.70. The normalized spacial score (nSPS) is 11.2. The summed E-state index contributed by atoms with van der Waals surface area (Å²) < 4.78 is 6.78. The van der Waals surface area contributed by atoms with E-state index in [9.17, 15) is 0 Å². The topological polar surface area (TPSA) is 47.0 Å². The summed E-state index contributed by atoms with van der Waals surface area (Å²) in [5.74, 6) is 1.52. The van der Waals surface area contributed by atoms with Crippen molar-refractivity contribution in [3.63, 3.8) is 0 Å².